The molecule has 1 aromatic carbocycles. The first-order chi connectivity index (χ1) is 8.02. The molecule has 0 aromatic heterocycles. The molecule has 0 heterocycles. The molecular weight excluding hydrogens is 210 g/mol. The van der Waals surface area contributed by atoms with Crippen molar-refractivity contribution in [1.29, 1.82) is 5.26 Å². The highest BCUT2D eigenvalue weighted by Crippen LogP contribution is 2.19. The Hall–Kier alpha value is -1.49. The van der Waals surface area contributed by atoms with Crippen LogP contribution in [-0.2, 0) is 6.42 Å². The van der Waals surface area contributed by atoms with Crippen LogP contribution in [0.2, 0.25) is 0 Å². The molecule has 1 rings (SSSR count). The second-order valence-electron chi connectivity index (χ2n) is 4.99. The molecular formula is C15H21NO. The average molecular weight is 231 g/mol. The van der Waals surface area contributed by atoms with Crippen LogP contribution in [0.3, 0.4) is 0 Å². The third kappa shape index (κ3) is 4.48. The van der Waals surface area contributed by atoms with Crippen LogP contribution in [0.15, 0.2) is 24.3 Å². The summed E-state index contributed by atoms with van der Waals surface area (Å²) in [5, 5.41) is 9.06. The van der Waals surface area contributed by atoms with Crippen LogP contribution in [0.5, 0.6) is 5.75 Å². The van der Waals surface area contributed by atoms with Crippen molar-refractivity contribution >= 4 is 0 Å². The predicted octanol–water partition coefficient (Wildman–Crippen LogP) is 3.81. The van der Waals surface area contributed by atoms with Crippen molar-refractivity contribution in [3.8, 4) is 11.8 Å². The van der Waals surface area contributed by atoms with Crippen molar-refractivity contribution in [2.75, 3.05) is 0 Å². The largest absolute Gasteiger partial charge is 0.491 e. The van der Waals surface area contributed by atoms with E-state index in [1.165, 1.54) is 5.56 Å². The first-order valence-electron chi connectivity index (χ1n) is 6.18. The first kappa shape index (κ1) is 13.6. The molecule has 0 saturated heterocycles. The van der Waals surface area contributed by atoms with Gasteiger partial charge in [0.1, 0.15) is 5.75 Å². The second kappa shape index (κ2) is 6.30. The lowest BCUT2D eigenvalue weighted by atomic mass is 9.90. The molecule has 2 nitrogen and oxygen atoms in total. The topological polar surface area (TPSA) is 33.0 Å². The van der Waals surface area contributed by atoms with Crippen LogP contribution >= 0.6 is 0 Å². The summed E-state index contributed by atoms with van der Waals surface area (Å²) in [7, 11) is 0. The monoisotopic (exact) mass is 231 g/mol. The van der Waals surface area contributed by atoms with E-state index in [9.17, 15) is 0 Å². The lowest BCUT2D eigenvalue weighted by Crippen LogP contribution is -2.09. The molecule has 1 aromatic rings. The Bertz CT molecular complexity index is 373. The smallest absolute Gasteiger partial charge is 0.119 e. The van der Waals surface area contributed by atoms with Crippen LogP contribution in [0, 0.1) is 23.2 Å². The lowest BCUT2D eigenvalue weighted by molar-refractivity contribution is 0.242. The van der Waals surface area contributed by atoms with Gasteiger partial charge in [0.2, 0.25) is 0 Å². The molecule has 0 radical (unpaired) electrons. The summed E-state index contributed by atoms with van der Waals surface area (Å²) in [5.41, 5.74) is 1.20. The van der Waals surface area contributed by atoms with Gasteiger partial charge in [-0.25, -0.2) is 0 Å². The fraction of sp³-hybridized carbons (Fsp3) is 0.533. The third-order valence-electron chi connectivity index (χ3n) is 2.72. The molecule has 0 bridgehead atoms. The molecule has 0 amide bonds. The maximum Gasteiger partial charge on any atom is 0.119 e. The quantitative estimate of drug-likeness (QED) is 0.772. The van der Waals surface area contributed by atoms with E-state index in [4.69, 9.17) is 10.00 Å². The fourth-order valence-electron chi connectivity index (χ4n) is 1.66. The molecule has 0 aliphatic rings. The van der Waals surface area contributed by atoms with Crippen LogP contribution < -0.4 is 4.74 Å². The van der Waals surface area contributed by atoms with E-state index in [1.54, 1.807) is 0 Å². The van der Waals surface area contributed by atoms with Gasteiger partial charge in [0, 0.05) is 0 Å². The number of ether oxygens (including phenoxy) is 1. The van der Waals surface area contributed by atoms with Crippen molar-refractivity contribution < 1.29 is 4.74 Å². The molecule has 1 atom stereocenters. The highest BCUT2D eigenvalue weighted by molar-refractivity contribution is 5.28. The molecule has 0 aliphatic heterocycles. The normalized spacial score (nSPS) is 12.5. The number of nitriles is 1. The molecule has 0 spiro atoms. The summed E-state index contributed by atoms with van der Waals surface area (Å²) >= 11 is 0. The van der Waals surface area contributed by atoms with Gasteiger partial charge in [-0.2, -0.15) is 5.26 Å². The van der Waals surface area contributed by atoms with E-state index in [-0.39, 0.29) is 12.0 Å². The van der Waals surface area contributed by atoms with Crippen LogP contribution in [0.1, 0.15) is 33.3 Å². The van der Waals surface area contributed by atoms with Gasteiger partial charge in [0.15, 0.2) is 0 Å². The maximum atomic E-state index is 9.06. The Kier molecular flexibility index (Phi) is 5.03. The van der Waals surface area contributed by atoms with Gasteiger partial charge < -0.3 is 4.74 Å². The third-order valence-corrected chi connectivity index (χ3v) is 2.72. The van der Waals surface area contributed by atoms with Crippen LogP contribution in [0.25, 0.3) is 0 Å². The van der Waals surface area contributed by atoms with Gasteiger partial charge in [-0.15, -0.1) is 0 Å². The minimum absolute atomic E-state index is 0.0897. The molecule has 2 heteroatoms. The van der Waals surface area contributed by atoms with Gasteiger partial charge in [-0.3, -0.25) is 0 Å². The van der Waals surface area contributed by atoms with Crippen molar-refractivity contribution in [1.82, 2.24) is 0 Å². The zero-order valence-corrected chi connectivity index (χ0v) is 11.1. The van der Waals surface area contributed by atoms with E-state index < -0.39 is 0 Å². The minimum atomic E-state index is 0.0897. The highest BCUT2D eigenvalue weighted by Gasteiger charge is 2.12. The molecule has 0 saturated carbocycles. The van der Waals surface area contributed by atoms with Crippen molar-refractivity contribution in [3.05, 3.63) is 29.8 Å². The molecule has 17 heavy (non-hydrogen) atoms. The highest BCUT2D eigenvalue weighted by atomic mass is 16.5. The zero-order valence-electron chi connectivity index (χ0n) is 11.1. The van der Waals surface area contributed by atoms with Crippen LogP contribution in [-0.4, -0.2) is 6.10 Å². The Morgan fingerprint density at radius 3 is 2.12 bits per heavy atom. The summed E-state index contributed by atoms with van der Waals surface area (Å²) in [6, 6.07) is 10.4. The Morgan fingerprint density at radius 1 is 1.12 bits per heavy atom. The van der Waals surface area contributed by atoms with E-state index >= 15 is 0 Å². The van der Waals surface area contributed by atoms with Crippen molar-refractivity contribution in [3.63, 3.8) is 0 Å². The van der Waals surface area contributed by atoms with Gasteiger partial charge in [-0.1, -0.05) is 26.0 Å². The van der Waals surface area contributed by atoms with Gasteiger partial charge >= 0.3 is 0 Å². The van der Waals surface area contributed by atoms with E-state index in [2.05, 4.69) is 19.9 Å². The van der Waals surface area contributed by atoms with Crippen molar-refractivity contribution in [2.24, 2.45) is 11.8 Å². The molecule has 0 fully saturated rings. The first-order valence-corrected chi connectivity index (χ1v) is 6.18. The zero-order chi connectivity index (χ0) is 12.8. The lowest BCUT2D eigenvalue weighted by Gasteiger charge is -2.14. The SMILES string of the molecule is CC(C)Oc1ccc(CC(C#N)C(C)C)cc1. The maximum absolute atomic E-state index is 9.06. The molecule has 0 aliphatic carbocycles. The molecule has 92 valence electrons. The summed E-state index contributed by atoms with van der Waals surface area (Å²) in [4.78, 5) is 0. The Labute approximate surface area is 104 Å². The van der Waals surface area contributed by atoms with E-state index in [1.807, 2.05) is 38.1 Å². The Balaban J connectivity index is 2.65. The summed E-state index contributed by atoms with van der Waals surface area (Å²) < 4.78 is 5.58. The van der Waals surface area contributed by atoms with Crippen molar-refractivity contribution in [2.45, 2.75) is 40.2 Å². The van der Waals surface area contributed by atoms with E-state index in [0.717, 1.165) is 12.2 Å². The summed E-state index contributed by atoms with van der Waals surface area (Å²) in [5.74, 6) is 1.38. The average Bonchev–Trinajstić information content (AvgIpc) is 2.26. The fourth-order valence-corrected chi connectivity index (χ4v) is 1.66. The van der Waals surface area contributed by atoms with Gasteiger partial charge in [0.25, 0.3) is 0 Å². The van der Waals surface area contributed by atoms with Gasteiger partial charge in [0.05, 0.1) is 18.1 Å². The van der Waals surface area contributed by atoms with E-state index in [0.29, 0.717) is 5.92 Å². The molecule has 1 unspecified atom stereocenters. The summed E-state index contributed by atoms with van der Waals surface area (Å²) in [6.45, 7) is 8.20. The number of rotatable bonds is 5. The summed E-state index contributed by atoms with van der Waals surface area (Å²) in [6.07, 6.45) is 1.01. The number of benzene rings is 1. The van der Waals surface area contributed by atoms with Gasteiger partial charge in [-0.05, 0) is 43.9 Å². The second-order valence-corrected chi connectivity index (χ2v) is 4.99. The minimum Gasteiger partial charge on any atom is -0.491 e. The standard InChI is InChI=1S/C15H21NO/c1-11(2)14(10-16)9-13-5-7-15(8-6-13)17-12(3)4/h5-8,11-12,14H,9H2,1-4H3. The number of hydrogen-bond acceptors (Lipinski definition) is 2. The molecule has 0 N–H and O–H groups in total. The number of nitrogens with zero attached hydrogens (tertiary/aromatic N) is 1. The number of hydrogen-bond donors (Lipinski definition) is 0. The Morgan fingerprint density at radius 2 is 1.71 bits per heavy atom. The predicted molar refractivity (Wildman–Crippen MR) is 69.9 cm³/mol. The van der Waals surface area contributed by atoms with Crippen LogP contribution in [0.4, 0.5) is 0 Å².